The smallest absolute Gasteiger partial charge is 0.225 e. The first-order valence-electron chi connectivity index (χ1n) is 9.96. The molecule has 29 heavy (non-hydrogen) atoms. The van der Waals surface area contributed by atoms with Crippen molar-refractivity contribution in [3.05, 3.63) is 42.2 Å². The van der Waals surface area contributed by atoms with Crippen LogP contribution in [0.3, 0.4) is 0 Å². The lowest BCUT2D eigenvalue weighted by Crippen LogP contribution is -2.39. The molecule has 0 aliphatic carbocycles. The normalized spacial score (nSPS) is 17.1. The van der Waals surface area contributed by atoms with Crippen molar-refractivity contribution in [2.45, 2.75) is 19.3 Å². The molecule has 8 heteroatoms. The molecule has 0 spiro atoms. The van der Waals surface area contributed by atoms with Gasteiger partial charge in [-0.15, -0.1) is 0 Å². The molecule has 2 aromatic rings. The fraction of sp³-hybridized carbons (Fsp3) is 0.476. The number of nitrogens with two attached hydrogens (primary N) is 1. The summed E-state index contributed by atoms with van der Waals surface area (Å²) in [5.41, 5.74) is 7.21. The standard InChI is InChI=1S/C21H30N6O2/c1-28-18-7-6-16(13-19(18)29-2)8-11-23-20(22)26-14-17-5-3-12-27(15-17)21-24-9-4-10-25-21/h4,6-7,9-10,13,17H,3,5,8,11-12,14-15H2,1-2H3,(H3,22,23,26). The Morgan fingerprint density at radius 2 is 2.03 bits per heavy atom. The number of hydrogen-bond acceptors (Lipinski definition) is 6. The Morgan fingerprint density at radius 3 is 2.79 bits per heavy atom. The predicted molar refractivity (Wildman–Crippen MR) is 115 cm³/mol. The zero-order chi connectivity index (χ0) is 20.5. The van der Waals surface area contributed by atoms with Gasteiger partial charge >= 0.3 is 0 Å². The number of aromatic nitrogens is 2. The number of nitrogens with one attached hydrogen (secondary N) is 1. The lowest BCUT2D eigenvalue weighted by Gasteiger charge is -2.31. The van der Waals surface area contributed by atoms with Gasteiger partial charge in [-0.2, -0.15) is 0 Å². The minimum absolute atomic E-state index is 0.457. The van der Waals surface area contributed by atoms with Crippen LogP contribution >= 0.6 is 0 Å². The Morgan fingerprint density at radius 1 is 1.24 bits per heavy atom. The van der Waals surface area contributed by atoms with E-state index in [0.717, 1.165) is 55.4 Å². The molecule has 156 valence electrons. The van der Waals surface area contributed by atoms with Crippen LogP contribution in [-0.4, -0.2) is 56.3 Å². The monoisotopic (exact) mass is 398 g/mol. The van der Waals surface area contributed by atoms with Crippen LogP contribution in [0.2, 0.25) is 0 Å². The Balaban J connectivity index is 1.44. The third-order valence-electron chi connectivity index (χ3n) is 5.04. The van der Waals surface area contributed by atoms with Crippen molar-refractivity contribution in [1.29, 1.82) is 0 Å². The summed E-state index contributed by atoms with van der Waals surface area (Å²) in [7, 11) is 3.27. The molecule has 0 amide bonds. The lowest BCUT2D eigenvalue weighted by atomic mass is 9.98. The fourth-order valence-corrected chi connectivity index (χ4v) is 3.50. The fourth-order valence-electron chi connectivity index (χ4n) is 3.50. The van der Waals surface area contributed by atoms with Crippen molar-refractivity contribution in [2.24, 2.45) is 16.6 Å². The molecule has 0 radical (unpaired) electrons. The molecule has 1 aromatic heterocycles. The summed E-state index contributed by atoms with van der Waals surface area (Å²) in [6, 6.07) is 7.76. The van der Waals surface area contributed by atoms with Crippen LogP contribution in [0.4, 0.5) is 5.95 Å². The molecule has 1 saturated heterocycles. The molecule has 1 unspecified atom stereocenters. The highest BCUT2D eigenvalue weighted by atomic mass is 16.5. The molecule has 1 aliphatic rings. The highest BCUT2D eigenvalue weighted by Crippen LogP contribution is 2.27. The Kier molecular flexibility index (Phi) is 7.49. The quantitative estimate of drug-likeness (QED) is 0.517. The van der Waals surface area contributed by atoms with Gasteiger partial charge in [-0.1, -0.05) is 6.07 Å². The first-order chi connectivity index (χ1) is 14.2. The second kappa shape index (κ2) is 10.5. The molecule has 1 aromatic carbocycles. The van der Waals surface area contributed by atoms with Gasteiger partial charge in [0.25, 0.3) is 0 Å². The van der Waals surface area contributed by atoms with Gasteiger partial charge < -0.3 is 25.4 Å². The maximum Gasteiger partial charge on any atom is 0.225 e. The zero-order valence-corrected chi connectivity index (χ0v) is 17.2. The number of benzene rings is 1. The Hall–Kier alpha value is -3.03. The molecule has 1 atom stereocenters. The number of nitrogens with zero attached hydrogens (tertiary/aromatic N) is 4. The van der Waals surface area contributed by atoms with E-state index in [-0.39, 0.29) is 0 Å². The van der Waals surface area contributed by atoms with Crippen molar-refractivity contribution in [2.75, 3.05) is 45.3 Å². The van der Waals surface area contributed by atoms with E-state index in [0.29, 0.717) is 25.0 Å². The van der Waals surface area contributed by atoms with Crippen LogP contribution in [0.25, 0.3) is 0 Å². The van der Waals surface area contributed by atoms with Crippen molar-refractivity contribution < 1.29 is 9.47 Å². The minimum Gasteiger partial charge on any atom is -0.493 e. The van der Waals surface area contributed by atoms with E-state index in [1.807, 2.05) is 24.3 Å². The van der Waals surface area contributed by atoms with Crippen LogP contribution in [0.1, 0.15) is 18.4 Å². The van der Waals surface area contributed by atoms with Crippen molar-refractivity contribution in [1.82, 2.24) is 15.3 Å². The molecule has 1 fully saturated rings. The van der Waals surface area contributed by atoms with Gasteiger partial charge in [0.1, 0.15) is 0 Å². The summed E-state index contributed by atoms with van der Waals surface area (Å²) < 4.78 is 10.6. The lowest BCUT2D eigenvalue weighted by molar-refractivity contribution is 0.354. The third kappa shape index (κ3) is 5.97. The SMILES string of the molecule is COc1ccc(CCNC(N)=NCC2CCCN(c3ncccn3)C2)cc1OC. The summed E-state index contributed by atoms with van der Waals surface area (Å²) in [4.78, 5) is 15.5. The third-order valence-corrected chi connectivity index (χ3v) is 5.04. The predicted octanol–water partition coefficient (Wildman–Crippen LogP) is 1.86. The van der Waals surface area contributed by atoms with Crippen LogP contribution in [-0.2, 0) is 6.42 Å². The number of rotatable bonds is 8. The molecule has 2 heterocycles. The van der Waals surface area contributed by atoms with Crippen LogP contribution in [0.5, 0.6) is 11.5 Å². The largest absolute Gasteiger partial charge is 0.493 e. The average Bonchev–Trinajstić information content (AvgIpc) is 2.78. The van der Waals surface area contributed by atoms with E-state index in [4.69, 9.17) is 15.2 Å². The summed E-state index contributed by atoms with van der Waals surface area (Å²) in [6.45, 7) is 3.31. The average molecular weight is 399 g/mol. The number of ether oxygens (including phenoxy) is 2. The van der Waals surface area contributed by atoms with Gasteiger partial charge in [-0.05, 0) is 48.9 Å². The van der Waals surface area contributed by atoms with Crippen LogP contribution in [0.15, 0.2) is 41.7 Å². The maximum atomic E-state index is 6.06. The molecular formula is C21H30N6O2. The maximum absolute atomic E-state index is 6.06. The molecule has 3 rings (SSSR count). The molecule has 1 aliphatic heterocycles. The number of anilines is 1. The summed E-state index contributed by atoms with van der Waals surface area (Å²) in [5.74, 6) is 3.20. The Labute approximate surface area is 172 Å². The van der Waals surface area contributed by atoms with E-state index in [2.05, 4.69) is 25.2 Å². The molecule has 0 bridgehead atoms. The minimum atomic E-state index is 0.457. The highest BCUT2D eigenvalue weighted by molar-refractivity contribution is 5.77. The number of hydrogen-bond donors (Lipinski definition) is 2. The summed E-state index contributed by atoms with van der Waals surface area (Å²) >= 11 is 0. The first kappa shape index (κ1) is 20.7. The van der Waals surface area contributed by atoms with Crippen LogP contribution in [0, 0.1) is 5.92 Å². The van der Waals surface area contributed by atoms with Gasteiger partial charge in [0.15, 0.2) is 17.5 Å². The topological polar surface area (TPSA) is 97.9 Å². The molecule has 3 N–H and O–H groups in total. The number of methoxy groups -OCH3 is 2. The second-order valence-corrected chi connectivity index (χ2v) is 7.10. The summed E-state index contributed by atoms with van der Waals surface area (Å²) in [5, 5.41) is 3.20. The molecular weight excluding hydrogens is 368 g/mol. The van der Waals surface area contributed by atoms with E-state index < -0.39 is 0 Å². The number of piperidine rings is 1. The summed E-state index contributed by atoms with van der Waals surface area (Å²) in [6.07, 6.45) is 6.64. The van der Waals surface area contributed by atoms with Gasteiger partial charge in [0.05, 0.1) is 14.2 Å². The highest BCUT2D eigenvalue weighted by Gasteiger charge is 2.21. The number of guanidine groups is 1. The van der Waals surface area contributed by atoms with Gasteiger partial charge in [0.2, 0.25) is 5.95 Å². The van der Waals surface area contributed by atoms with E-state index in [9.17, 15) is 0 Å². The molecule has 0 saturated carbocycles. The number of aliphatic imine (C=N–C) groups is 1. The zero-order valence-electron chi connectivity index (χ0n) is 17.2. The van der Waals surface area contributed by atoms with E-state index in [1.54, 1.807) is 26.6 Å². The van der Waals surface area contributed by atoms with Crippen LogP contribution < -0.4 is 25.4 Å². The van der Waals surface area contributed by atoms with Crippen molar-refractivity contribution >= 4 is 11.9 Å². The van der Waals surface area contributed by atoms with Crippen molar-refractivity contribution in [3.8, 4) is 11.5 Å². The second-order valence-electron chi connectivity index (χ2n) is 7.10. The van der Waals surface area contributed by atoms with Gasteiger partial charge in [-0.25, -0.2) is 9.97 Å². The van der Waals surface area contributed by atoms with E-state index in [1.165, 1.54) is 0 Å². The first-order valence-corrected chi connectivity index (χ1v) is 9.96. The molecule has 8 nitrogen and oxygen atoms in total. The Bertz CT molecular complexity index is 799. The van der Waals surface area contributed by atoms with Gasteiger partial charge in [-0.3, -0.25) is 4.99 Å². The van der Waals surface area contributed by atoms with Gasteiger partial charge in [0, 0.05) is 38.6 Å². The van der Waals surface area contributed by atoms with E-state index >= 15 is 0 Å². The van der Waals surface area contributed by atoms with Crippen molar-refractivity contribution in [3.63, 3.8) is 0 Å².